The van der Waals surface area contributed by atoms with E-state index in [1.54, 1.807) is 17.1 Å². The lowest BCUT2D eigenvalue weighted by molar-refractivity contribution is 0.236. The smallest absolute Gasteiger partial charge is 0.315 e. The van der Waals surface area contributed by atoms with Crippen LogP contribution in [0.25, 0.3) is 11.3 Å². The third kappa shape index (κ3) is 3.63. The maximum Gasteiger partial charge on any atom is 0.315 e. The summed E-state index contributed by atoms with van der Waals surface area (Å²) in [4.78, 5) is 16.2. The van der Waals surface area contributed by atoms with Crippen molar-refractivity contribution in [2.75, 3.05) is 0 Å². The number of hydrogen-bond donors (Lipinski definition) is 2. The molecule has 0 radical (unpaired) electrons. The monoisotopic (exact) mass is 299 g/mol. The topological polar surface area (TPSA) is 71.8 Å². The average molecular weight is 299 g/mol. The molecule has 0 aliphatic heterocycles. The van der Waals surface area contributed by atoms with Crippen LogP contribution in [-0.4, -0.2) is 26.8 Å². The summed E-state index contributed by atoms with van der Waals surface area (Å²) in [5, 5.41) is 10.0. The molecular formula is C16H21N5O. The second kappa shape index (κ2) is 6.60. The van der Waals surface area contributed by atoms with Gasteiger partial charge in [-0.25, -0.2) is 4.79 Å². The van der Waals surface area contributed by atoms with Gasteiger partial charge in [-0.15, -0.1) is 0 Å². The Morgan fingerprint density at radius 2 is 2.14 bits per heavy atom. The van der Waals surface area contributed by atoms with Crippen molar-refractivity contribution in [2.24, 2.45) is 7.05 Å². The minimum absolute atomic E-state index is 0.0942. The predicted octanol–water partition coefficient (Wildman–Crippen LogP) is 2.22. The van der Waals surface area contributed by atoms with Gasteiger partial charge in [-0.3, -0.25) is 9.67 Å². The highest BCUT2D eigenvalue weighted by molar-refractivity contribution is 5.74. The Bertz CT molecular complexity index is 628. The first-order valence-electron chi connectivity index (χ1n) is 7.69. The maximum atomic E-state index is 11.8. The molecule has 6 nitrogen and oxygen atoms in total. The van der Waals surface area contributed by atoms with E-state index in [-0.39, 0.29) is 6.03 Å². The van der Waals surface area contributed by atoms with E-state index in [1.807, 2.05) is 25.4 Å². The normalized spacial score (nSPS) is 15.0. The van der Waals surface area contributed by atoms with Crippen LogP contribution in [0.5, 0.6) is 0 Å². The second-order valence-electron chi connectivity index (χ2n) is 5.76. The van der Waals surface area contributed by atoms with Crippen LogP contribution in [-0.2, 0) is 13.6 Å². The summed E-state index contributed by atoms with van der Waals surface area (Å²) in [5.74, 6) is 0. The van der Waals surface area contributed by atoms with Gasteiger partial charge in [0.2, 0.25) is 0 Å². The van der Waals surface area contributed by atoms with Crippen molar-refractivity contribution in [3.05, 3.63) is 36.3 Å². The Labute approximate surface area is 129 Å². The molecule has 0 bridgehead atoms. The highest BCUT2D eigenvalue weighted by Gasteiger charge is 2.16. The molecule has 1 aliphatic carbocycles. The zero-order valence-electron chi connectivity index (χ0n) is 12.7. The van der Waals surface area contributed by atoms with E-state index < -0.39 is 0 Å². The summed E-state index contributed by atoms with van der Waals surface area (Å²) in [6, 6.07) is 4.17. The quantitative estimate of drug-likeness (QED) is 0.909. The van der Waals surface area contributed by atoms with E-state index in [2.05, 4.69) is 20.7 Å². The number of hydrogen-bond acceptors (Lipinski definition) is 3. The Balaban J connectivity index is 1.51. The maximum absolute atomic E-state index is 11.8. The van der Waals surface area contributed by atoms with Crippen LogP contribution < -0.4 is 10.6 Å². The van der Waals surface area contributed by atoms with E-state index in [1.165, 1.54) is 12.8 Å². The van der Waals surface area contributed by atoms with E-state index in [4.69, 9.17) is 0 Å². The van der Waals surface area contributed by atoms with Crippen molar-refractivity contribution in [1.82, 2.24) is 25.4 Å². The molecule has 0 spiro atoms. The molecule has 3 rings (SSSR count). The largest absolute Gasteiger partial charge is 0.335 e. The minimum atomic E-state index is -0.0942. The van der Waals surface area contributed by atoms with Crippen molar-refractivity contribution in [1.29, 1.82) is 0 Å². The lowest BCUT2D eigenvalue weighted by atomic mass is 10.2. The molecule has 2 aromatic rings. The fourth-order valence-corrected chi connectivity index (χ4v) is 2.74. The van der Waals surface area contributed by atoms with Gasteiger partial charge >= 0.3 is 6.03 Å². The third-order valence-electron chi connectivity index (χ3n) is 3.97. The van der Waals surface area contributed by atoms with E-state index >= 15 is 0 Å². The molecule has 0 aromatic carbocycles. The molecule has 0 saturated heterocycles. The summed E-state index contributed by atoms with van der Waals surface area (Å²) < 4.78 is 1.75. The molecule has 2 N–H and O–H groups in total. The molecule has 2 aromatic heterocycles. The second-order valence-corrected chi connectivity index (χ2v) is 5.76. The van der Waals surface area contributed by atoms with Crippen LogP contribution in [0.4, 0.5) is 4.79 Å². The fourth-order valence-electron chi connectivity index (χ4n) is 2.74. The first kappa shape index (κ1) is 14.6. The van der Waals surface area contributed by atoms with Gasteiger partial charge in [-0.2, -0.15) is 5.10 Å². The fraction of sp³-hybridized carbons (Fsp3) is 0.438. The van der Waals surface area contributed by atoms with Gasteiger partial charge < -0.3 is 10.6 Å². The number of rotatable bonds is 4. The first-order valence-corrected chi connectivity index (χ1v) is 7.69. The first-order chi connectivity index (χ1) is 10.7. The molecule has 22 heavy (non-hydrogen) atoms. The van der Waals surface area contributed by atoms with Gasteiger partial charge in [0.25, 0.3) is 0 Å². The Morgan fingerprint density at radius 3 is 2.77 bits per heavy atom. The Hall–Kier alpha value is -2.37. The zero-order chi connectivity index (χ0) is 15.4. The number of carbonyl (C=O) groups excluding carboxylic acids is 1. The molecule has 1 aliphatic rings. The Kier molecular flexibility index (Phi) is 4.37. The molecule has 1 fully saturated rings. The molecular weight excluding hydrogens is 278 g/mol. The average Bonchev–Trinajstić information content (AvgIpc) is 3.17. The van der Waals surface area contributed by atoms with Gasteiger partial charge in [-0.05, 0) is 24.5 Å². The number of aromatic nitrogens is 3. The standard InChI is InChI=1S/C16H21N5O/c1-21-11-13(10-19-21)15-7-6-12(8-17-15)9-18-16(22)20-14-4-2-3-5-14/h6-8,10-11,14H,2-5,9H2,1H3,(H2,18,20,22). The van der Waals surface area contributed by atoms with Crippen LogP contribution >= 0.6 is 0 Å². The molecule has 2 amide bonds. The van der Waals surface area contributed by atoms with Gasteiger partial charge in [0.15, 0.2) is 0 Å². The molecule has 0 atom stereocenters. The van der Waals surface area contributed by atoms with Gasteiger partial charge in [-0.1, -0.05) is 18.9 Å². The number of amides is 2. The van der Waals surface area contributed by atoms with Crippen LogP contribution in [0.2, 0.25) is 0 Å². The van der Waals surface area contributed by atoms with Gasteiger partial charge in [0.05, 0.1) is 11.9 Å². The molecule has 2 heterocycles. The predicted molar refractivity (Wildman–Crippen MR) is 84.1 cm³/mol. The van der Waals surface area contributed by atoms with Crippen LogP contribution in [0.3, 0.4) is 0 Å². The summed E-state index contributed by atoms with van der Waals surface area (Å²) >= 11 is 0. The van der Waals surface area contributed by atoms with Crippen LogP contribution in [0, 0.1) is 0 Å². The highest BCUT2D eigenvalue weighted by Crippen LogP contribution is 2.17. The van der Waals surface area contributed by atoms with Crippen molar-refractivity contribution < 1.29 is 4.79 Å². The Morgan fingerprint density at radius 1 is 1.32 bits per heavy atom. The third-order valence-corrected chi connectivity index (χ3v) is 3.97. The van der Waals surface area contributed by atoms with Crippen LogP contribution in [0.15, 0.2) is 30.7 Å². The molecule has 6 heteroatoms. The summed E-state index contributed by atoms with van der Waals surface area (Å²) in [6.45, 7) is 0.485. The lowest BCUT2D eigenvalue weighted by Gasteiger charge is -2.12. The molecule has 0 unspecified atom stereocenters. The number of urea groups is 1. The van der Waals surface area contributed by atoms with E-state index in [9.17, 15) is 4.79 Å². The highest BCUT2D eigenvalue weighted by atomic mass is 16.2. The van der Waals surface area contributed by atoms with Crippen molar-refractivity contribution >= 4 is 6.03 Å². The van der Waals surface area contributed by atoms with E-state index in [0.717, 1.165) is 29.7 Å². The number of aryl methyl sites for hydroxylation is 1. The molecule has 116 valence electrons. The number of nitrogens with zero attached hydrogens (tertiary/aromatic N) is 3. The summed E-state index contributed by atoms with van der Waals surface area (Å²) in [5.41, 5.74) is 2.85. The SMILES string of the molecule is Cn1cc(-c2ccc(CNC(=O)NC3CCCC3)cn2)cn1. The number of nitrogens with one attached hydrogen (secondary N) is 2. The summed E-state index contributed by atoms with van der Waals surface area (Å²) in [7, 11) is 1.88. The minimum Gasteiger partial charge on any atom is -0.335 e. The van der Waals surface area contributed by atoms with E-state index in [0.29, 0.717) is 12.6 Å². The van der Waals surface area contributed by atoms with Gasteiger partial charge in [0.1, 0.15) is 0 Å². The van der Waals surface area contributed by atoms with Gasteiger partial charge in [0, 0.05) is 37.6 Å². The van der Waals surface area contributed by atoms with Crippen molar-refractivity contribution in [2.45, 2.75) is 38.3 Å². The van der Waals surface area contributed by atoms with Crippen LogP contribution in [0.1, 0.15) is 31.2 Å². The van der Waals surface area contributed by atoms with Crippen molar-refractivity contribution in [3.8, 4) is 11.3 Å². The number of carbonyl (C=O) groups is 1. The zero-order valence-corrected chi connectivity index (χ0v) is 12.7. The lowest BCUT2D eigenvalue weighted by Crippen LogP contribution is -2.40. The molecule has 1 saturated carbocycles. The summed E-state index contributed by atoms with van der Waals surface area (Å²) in [6.07, 6.45) is 10.1. The van der Waals surface area contributed by atoms with Crippen molar-refractivity contribution in [3.63, 3.8) is 0 Å². The number of pyridine rings is 1.